The fraction of sp³-hybridized carbons (Fsp3) is 0.515. The Bertz CT molecular complexity index is 1510. The quantitative estimate of drug-likeness (QED) is 0.161. The number of imide groups is 2. The molecule has 0 aliphatic carbocycles. The number of hydrogen-bond donors (Lipinski definition) is 4. The molecule has 2 fully saturated rings. The molecular formula is C33H42N2O10S. The topological polar surface area (TPSA) is 190 Å². The van der Waals surface area contributed by atoms with Crippen molar-refractivity contribution in [2.24, 2.45) is 23.7 Å². The average molecular weight is 659 g/mol. The molecule has 4 rings (SSSR count). The standard InChI is InChI=1S/C33H42N2O10S/c1-3-24(22-10-6-4-7-11-22)28-26(30(40)34(31(28)41)16-17-46(43,44)45)15-14-25(23-12-8-5-9-13-23)27-21(2)29(39)35(32(27)42)33(18-36,19-37)20-38/h4-13,21,24-28,36-38H,3,14-20H2,1-2H3,(H,43,44,45). The first-order chi connectivity index (χ1) is 21.9. The Morgan fingerprint density at radius 2 is 1.28 bits per heavy atom. The molecule has 4 amide bonds. The zero-order valence-corrected chi connectivity index (χ0v) is 26.8. The van der Waals surface area contributed by atoms with Crippen molar-refractivity contribution < 1.29 is 47.5 Å². The van der Waals surface area contributed by atoms with Crippen LogP contribution in [-0.2, 0) is 29.3 Å². The molecule has 2 saturated heterocycles. The van der Waals surface area contributed by atoms with Gasteiger partial charge in [-0.2, -0.15) is 8.42 Å². The molecule has 46 heavy (non-hydrogen) atoms. The molecule has 2 aliphatic heterocycles. The summed E-state index contributed by atoms with van der Waals surface area (Å²) in [5, 5.41) is 30.1. The number of aliphatic hydroxyl groups is 3. The number of hydrogen-bond acceptors (Lipinski definition) is 9. The van der Waals surface area contributed by atoms with Crippen LogP contribution < -0.4 is 0 Å². The number of benzene rings is 2. The highest BCUT2D eigenvalue weighted by Crippen LogP contribution is 2.46. The number of carbonyl (C=O) groups excluding carboxylic acids is 4. The smallest absolute Gasteiger partial charge is 0.266 e. The number of carbonyl (C=O) groups is 4. The average Bonchev–Trinajstić information content (AvgIpc) is 3.41. The maximum atomic E-state index is 14.0. The molecule has 0 spiro atoms. The molecular weight excluding hydrogens is 616 g/mol. The Morgan fingerprint density at radius 1 is 0.761 bits per heavy atom. The molecule has 250 valence electrons. The Hall–Kier alpha value is -3.49. The van der Waals surface area contributed by atoms with E-state index >= 15 is 0 Å². The number of nitrogens with zero attached hydrogens (tertiary/aromatic N) is 2. The monoisotopic (exact) mass is 658 g/mol. The van der Waals surface area contributed by atoms with Gasteiger partial charge in [0, 0.05) is 12.5 Å². The second-order valence-electron chi connectivity index (χ2n) is 12.3. The van der Waals surface area contributed by atoms with Crippen molar-refractivity contribution in [3.05, 3.63) is 71.8 Å². The number of likely N-dealkylation sites (tertiary alicyclic amines) is 2. The van der Waals surface area contributed by atoms with Crippen molar-refractivity contribution in [3.63, 3.8) is 0 Å². The van der Waals surface area contributed by atoms with Gasteiger partial charge in [0.2, 0.25) is 23.6 Å². The zero-order valence-electron chi connectivity index (χ0n) is 25.9. The van der Waals surface area contributed by atoms with Gasteiger partial charge in [0.1, 0.15) is 5.54 Å². The lowest BCUT2D eigenvalue weighted by Gasteiger charge is -2.36. The molecule has 2 aromatic carbocycles. The molecule has 2 heterocycles. The van der Waals surface area contributed by atoms with E-state index in [-0.39, 0.29) is 18.8 Å². The molecule has 2 aliphatic rings. The summed E-state index contributed by atoms with van der Waals surface area (Å²) in [7, 11) is -4.46. The van der Waals surface area contributed by atoms with Gasteiger partial charge < -0.3 is 15.3 Å². The summed E-state index contributed by atoms with van der Waals surface area (Å²) in [5.74, 6) is -7.78. The summed E-state index contributed by atoms with van der Waals surface area (Å²) in [4.78, 5) is 56.8. The third kappa shape index (κ3) is 6.79. The predicted octanol–water partition coefficient (Wildman–Crippen LogP) is 1.57. The second kappa shape index (κ2) is 14.5. The van der Waals surface area contributed by atoms with E-state index in [0.29, 0.717) is 12.0 Å². The molecule has 0 aromatic heterocycles. The van der Waals surface area contributed by atoms with Crippen molar-refractivity contribution >= 4 is 33.7 Å². The van der Waals surface area contributed by atoms with Crippen molar-refractivity contribution in [2.75, 3.05) is 32.1 Å². The molecule has 0 bridgehead atoms. The van der Waals surface area contributed by atoms with Gasteiger partial charge in [-0.1, -0.05) is 74.5 Å². The summed E-state index contributed by atoms with van der Waals surface area (Å²) in [6, 6.07) is 18.2. The fourth-order valence-electron chi connectivity index (χ4n) is 7.19. The van der Waals surface area contributed by atoms with E-state index in [1.807, 2.05) is 37.3 Å². The minimum absolute atomic E-state index is 0.121. The molecule has 4 N–H and O–H groups in total. The van der Waals surface area contributed by atoms with Crippen molar-refractivity contribution in [2.45, 2.75) is 50.5 Å². The van der Waals surface area contributed by atoms with Crippen LogP contribution in [0.1, 0.15) is 56.1 Å². The highest BCUT2D eigenvalue weighted by molar-refractivity contribution is 7.85. The highest BCUT2D eigenvalue weighted by Gasteiger charge is 2.56. The number of amides is 4. The van der Waals surface area contributed by atoms with Crippen molar-refractivity contribution in [1.82, 2.24) is 9.80 Å². The summed E-state index contributed by atoms with van der Waals surface area (Å²) in [5.41, 5.74) is -0.349. The summed E-state index contributed by atoms with van der Waals surface area (Å²) in [6.07, 6.45) is 0.815. The van der Waals surface area contributed by atoms with Gasteiger partial charge in [-0.15, -0.1) is 0 Å². The fourth-order valence-corrected chi connectivity index (χ4v) is 7.60. The van der Waals surface area contributed by atoms with Crippen molar-refractivity contribution in [1.29, 1.82) is 0 Å². The van der Waals surface area contributed by atoms with Crippen LogP contribution in [0.2, 0.25) is 0 Å². The van der Waals surface area contributed by atoms with Crippen LogP contribution in [0.5, 0.6) is 0 Å². The van der Waals surface area contributed by atoms with E-state index < -0.39 is 101 Å². The number of rotatable bonds is 15. The number of aliphatic hydroxyl groups excluding tert-OH is 3. The Labute approximate surface area is 268 Å². The third-order valence-electron chi connectivity index (χ3n) is 9.70. The van der Waals surface area contributed by atoms with E-state index in [2.05, 4.69) is 0 Å². The summed E-state index contributed by atoms with van der Waals surface area (Å²) < 4.78 is 32.4. The van der Waals surface area contributed by atoms with Gasteiger partial charge in [-0.25, -0.2) is 0 Å². The second-order valence-corrected chi connectivity index (χ2v) is 13.9. The van der Waals surface area contributed by atoms with E-state index in [1.54, 1.807) is 37.3 Å². The molecule has 0 saturated carbocycles. The minimum Gasteiger partial charge on any atom is -0.394 e. The van der Waals surface area contributed by atoms with Gasteiger partial charge in [0.15, 0.2) is 0 Å². The van der Waals surface area contributed by atoms with Crippen LogP contribution in [-0.4, -0.2) is 99.4 Å². The maximum absolute atomic E-state index is 14.0. The van der Waals surface area contributed by atoms with E-state index in [9.17, 15) is 47.5 Å². The lowest BCUT2D eigenvalue weighted by molar-refractivity contribution is -0.155. The Kier molecular flexibility index (Phi) is 11.2. The van der Waals surface area contributed by atoms with Gasteiger partial charge in [0.25, 0.3) is 10.1 Å². The van der Waals surface area contributed by atoms with E-state index in [0.717, 1.165) is 15.4 Å². The normalized spacial score (nSPS) is 23.8. The largest absolute Gasteiger partial charge is 0.394 e. The van der Waals surface area contributed by atoms with Crippen LogP contribution in [0.4, 0.5) is 0 Å². The van der Waals surface area contributed by atoms with Gasteiger partial charge in [-0.3, -0.25) is 33.5 Å². The molecule has 0 radical (unpaired) electrons. The maximum Gasteiger partial charge on any atom is 0.266 e. The zero-order chi connectivity index (χ0) is 33.8. The SMILES string of the molecule is CCC(c1ccccc1)C1C(=O)N(CCS(=O)(=O)O)C(=O)C1CCC(c1ccccc1)C1C(=O)N(C(CO)(CO)CO)C(=O)C1C. The lowest BCUT2D eigenvalue weighted by atomic mass is 9.72. The Morgan fingerprint density at radius 3 is 1.76 bits per heavy atom. The van der Waals surface area contributed by atoms with Crippen LogP contribution in [0, 0.1) is 23.7 Å². The molecule has 6 atom stereocenters. The molecule has 12 nitrogen and oxygen atoms in total. The van der Waals surface area contributed by atoms with Crippen molar-refractivity contribution in [3.8, 4) is 0 Å². The summed E-state index contributed by atoms with van der Waals surface area (Å²) in [6.45, 7) is 0.447. The van der Waals surface area contributed by atoms with Gasteiger partial charge in [0.05, 0.1) is 43.3 Å². The first kappa shape index (κ1) is 35.4. The van der Waals surface area contributed by atoms with Crippen LogP contribution in [0.3, 0.4) is 0 Å². The molecule has 6 unspecified atom stereocenters. The van der Waals surface area contributed by atoms with Gasteiger partial charge in [-0.05, 0) is 42.2 Å². The van der Waals surface area contributed by atoms with Crippen LogP contribution in [0.15, 0.2) is 60.7 Å². The van der Waals surface area contributed by atoms with Crippen LogP contribution >= 0.6 is 0 Å². The van der Waals surface area contributed by atoms with E-state index in [1.165, 1.54) is 0 Å². The Balaban J connectivity index is 1.73. The van der Waals surface area contributed by atoms with E-state index in [4.69, 9.17) is 0 Å². The first-order valence-corrected chi connectivity index (χ1v) is 17.1. The lowest BCUT2D eigenvalue weighted by Crippen LogP contribution is -2.59. The highest BCUT2D eigenvalue weighted by atomic mass is 32.2. The predicted molar refractivity (Wildman–Crippen MR) is 167 cm³/mol. The molecule has 2 aromatic rings. The third-order valence-corrected chi connectivity index (χ3v) is 10.4. The first-order valence-electron chi connectivity index (χ1n) is 15.5. The molecule has 13 heteroatoms. The summed E-state index contributed by atoms with van der Waals surface area (Å²) >= 11 is 0. The minimum atomic E-state index is -4.46. The van der Waals surface area contributed by atoms with Gasteiger partial charge >= 0.3 is 0 Å². The van der Waals surface area contributed by atoms with Crippen LogP contribution in [0.25, 0.3) is 0 Å².